The second kappa shape index (κ2) is 6.62. The molecule has 2 heterocycles. The van der Waals surface area contributed by atoms with Crippen LogP contribution in [0.2, 0.25) is 5.02 Å². The van der Waals surface area contributed by atoms with Gasteiger partial charge in [0.1, 0.15) is 11.5 Å². The van der Waals surface area contributed by atoms with Gasteiger partial charge in [-0.1, -0.05) is 42.7 Å². The minimum Gasteiger partial charge on any atom is -0.361 e. The molecular formula is C17H20ClN3O2. The fourth-order valence-electron chi connectivity index (χ4n) is 2.80. The molecule has 2 aromatic rings. The Bertz CT molecular complexity index is 699. The Balaban J connectivity index is 1.75. The first-order valence-electron chi connectivity index (χ1n) is 7.85. The van der Waals surface area contributed by atoms with Crippen LogP contribution in [0.5, 0.6) is 0 Å². The third-order valence-electron chi connectivity index (χ3n) is 4.09. The number of anilines is 1. The fourth-order valence-corrected chi connectivity index (χ4v) is 2.98. The molecule has 5 nitrogen and oxygen atoms in total. The lowest BCUT2D eigenvalue weighted by molar-refractivity contribution is 0.204. The highest BCUT2D eigenvalue weighted by Gasteiger charge is 2.32. The molecule has 0 aliphatic carbocycles. The molecule has 2 amide bonds. The van der Waals surface area contributed by atoms with Gasteiger partial charge < -0.3 is 14.7 Å². The molecule has 1 N–H and O–H groups in total. The van der Waals surface area contributed by atoms with E-state index in [1.54, 1.807) is 17.0 Å². The van der Waals surface area contributed by atoms with Crippen LogP contribution >= 0.6 is 11.6 Å². The summed E-state index contributed by atoms with van der Waals surface area (Å²) in [4.78, 5) is 14.4. The largest absolute Gasteiger partial charge is 0.361 e. The number of rotatable bonds is 3. The maximum atomic E-state index is 12.6. The molecule has 0 unspecified atom stereocenters. The van der Waals surface area contributed by atoms with Crippen molar-refractivity contribution in [2.75, 3.05) is 11.9 Å². The van der Waals surface area contributed by atoms with Crippen LogP contribution < -0.4 is 5.32 Å². The maximum Gasteiger partial charge on any atom is 0.322 e. The summed E-state index contributed by atoms with van der Waals surface area (Å²) in [6.45, 7) is 4.81. The monoisotopic (exact) mass is 333 g/mol. The number of carbonyl (C=O) groups excluding carboxylic acids is 1. The van der Waals surface area contributed by atoms with Crippen molar-refractivity contribution in [2.45, 2.75) is 38.6 Å². The van der Waals surface area contributed by atoms with Crippen molar-refractivity contribution in [3.8, 4) is 0 Å². The first kappa shape index (κ1) is 15.9. The quantitative estimate of drug-likeness (QED) is 0.876. The van der Waals surface area contributed by atoms with Crippen molar-refractivity contribution in [3.63, 3.8) is 0 Å². The highest BCUT2D eigenvalue weighted by Crippen LogP contribution is 2.33. The van der Waals surface area contributed by atoms with Crippen LogP contribution in [0.3, 0.4) is 0 Å². The Kier molecular flexibility index (Phi) is 4.57. The second-order valence-electron chi connectivity index (χ2n) is 6.07. The molecule has 0 bridgehead atoms. The van der Waals surface area contributed by atoms with Gasteiger partial charge in [0.15, 0.2) is 0 Å². The molecule has 1 aromatic carbocycles. The molecule has 23 heavy (non-hydrogen) atoms. The lowest BCUT2D eigenvalue weighted by Gasteiger charge is -2.23. The number of aromatic nitrogens is 1. The van der Waals surface area contributed by atoms with Gasteiger partial charge in [-0.25, -0.2) is 4.79 Å². The first-order chi connectivity index (χ1) is 11.1. The zero-order chi connectivity index (χ0) is 16.4. The molecule has 1 aliphatic heterocycles. The molecule has 1 saturated heterocycles. The van der Waals surface area contributed by atoms with Crippen molar-refractivity contribution in [3.05, 3.63) is 46.8 Å². The Morgan fingerprint density at radius 1 is 1.43 bits per heavy atom. The summed E-state index contributed by atoms with van der Waals surface area (Å²) >= 11 is 6.11. The van der Waals surface area contributed by atoms with Crippen molar-refractivity contribution in [1.82, 2.24) is 10.1 Å². The van der Waals surface area contributed by atoms with Gasteiger partial charge in [0.2, 0.25) is 0 Å². The molecule has 0 radical (unpaired) electrons. The van der Waals surface area contributed by atoms with E-state index in [1.807, 2.05) is 18.2 Å². The van der Waals surface area contributed by atoms with Gasteiger partial charge in [0.05, 0.1) is 16.8 Å². The van der Waals surface area contributed by atoms with Gasteiger partial charge in [-0.2, -0.15) is 0 Å². The minimum absolute atomic E-state index is 0.0475. The SMILES string of the molecule is CC(C)c1cc([C@H]2CCCN2C(=O)Nc2ccccc2Cl)no1. The number of hydrogen-bond donors (Lipinski definition) is 1. The highest BCUT2D eigenvalue weighted by atomic mass is 35.5. The summed E-state index contributed by atoms with van der Waals surface area (Å²) in [5, 5.41) is 7.56. The summed E-state index contributed by atoms with van der Waals surface area (Å²) in [5.74, 6) is 1.13. The number of carbonyl (C=O) groups is 1. The highest BCUT2D eigenvalue weighted by molar-refractivity contribution is 6.33. The minimum atomic E-state index is -0.158. The van der Waals surface area contributed by atoms with Gasteiger partial charge >= 0.3 is 6.03 Å². The average molecular weight is 334 g/mol. The molecule has 122 valence electrons. The Labute approximate surface area is 140 Å². The molecule has 0 spiro atoms. The van der Waals surface area contributed by atoms with E-state index in [1.165, 1.54) is 0 Å². The average Bonchev–Trinajstić information content (AvgIpc) is 3.17. The Morgan fingerprint density at radius 2 is 2.22 bits per heavy atom. The number of para-hydroxylation sites is 1. The smallest absolute Gasteiger partial charge is 0.322 e. The maximum absolute atomic E-state index is 12.6. The van der Waals surface area contributed by atoms with Gasteiger partial charge in [-0.15, -0.1) is 0 Å². The van der Waals surface area contributed by atoms with Crippen LogP contribution in [0.15, 0.2) is 34.9 Å². The van der Waals surface area contributed by atoms with E-state index in [0.717, 1.165) is 24.3 Å². The third kappa shape index (κ3) is 3.34. The lowest BCUT2D eigenvalue weighted by atomic mass is 10.1. The molecule has 6 heteroatoms. The van der Waals surface area contributed by atoms with E-state index in [0.29, 0.717) is 17.3 Å². The summed E-state index contributed by atoms with van der Waals surface area (Å²) in [6, 6.07) is 8.97. The van der Waals surface area contributed by atoms with E-state index in [-0.39, 0.29) is 18.0 Å². The molecular weight excluding hydrogens is 314 g/mol. The first-order valence-corrected chi connectivity index (χ1v) is 8.22. The second-order valence-corrected chi connectivity index (χ2v) is 6.48. The number of hydrogen-bond acceptors (Lipinski definition) is 3. The van der Waals surface area contributed by atoms with Crippen LogP contribution in [0, 0.1) is 0 Å². The van der Waals surface area contributed by atoms with Crippen LogP contribution in [0.25, 0.3) is 0 Å². The van der Waals surface area contributed by atoms with Crippen molar-refractivity contribution >= 4 is 23.3 Å². The van der Waals surface area contributed by atoms with Crippen molar-refractivity contribution in [1.29, 1.82) is 0 Å². The summed E-state index contributed by atoms with van der Waals surface area (Å²) in [5.41, 5.74) is 1.44. The fraction of sp³-hybridized carbons (Fsp3) is 0.412. The molecule has 1 aliphatic rings. The number of nitrogens with zero attached hydrogens (tertiary/aromatic N) is 2. The van der Waals surface area contributed by atoms with E-state index >= 15 is 0 Å². The van der Waals surface area contributed by atoms with Crippen molar-refractivity contribution in [2.24, 2.45) is 0 Å². The van der Waals surface area contributed by atoms with E-state index in [9.17, 15) is 4.79 Å². The lowest BCUT2D eigenvalue weighted by Crippen LogP contribution is -2.34. The topological polar surface area (TPSA) is 58.4 Å². The summed E-state index contributed by atoms with van der Waals surface area (Å²) in [6.07, 6.45) is 1.84. The Hall–Kier alpha value is -2.01. The summed E-state index contributed by atoms with van der Waals surface area (Å²) < 4.78 is 5.37. The number of benzene rings is 1. The number of amides is 2. The zero-order valence-corrected chi connectivity index (χ0v) is 14.0. The van der Waals surface area contributed by atoms with Crippen LogP contribution in [0.4, 0.5) is 10.5 Å². The molecule has 1 atom stereocenters. The Morgan fingerprint density at radius 3 is 2.91 bits per heavy atom. The molecule has 3 rings (SSSR count). The van der Waals surface area contributed by atoms with Gasteiger partial charge in [-0.3, -0.25) is 0 Å². The zero-order valence-electron chi connectivity index (χ0n) is 13.3. The number of nitrogens with one attached hydrogen (secondary N) is 1. The predicted molar refractivity (Wildman–Crippen MR) is 89.7 cm³/mol. The van der Waals surface area contributed by atoms with Crippen molar-refractivity contribution < 1.29 is 9.32 Å². The normalized spacial score (nSPS) is 17.7. The number of likely N-dealkylation sites (tertiary alicyclic amines) is 1. The van der Waals surface area contributed by atoms with E-state index in [4.69, 9.17) is 16.1 Å². The van der Waals surface area contributed by atoms with E-state index < -0.39 is 0 Å². The van der Waals surface area contributed by atoms with Crippen LogP contribution in [-0.4, -0.2) is 22.6 Å². The van der Waals surface area contributed by atoms with Gasteiger partial charge in [0.25, 0.3) is 0 Å². The van der Waals surface area contributed by atoms with Crippen LogP contribution in [0.1, 0.15) is 50.1 Å². The van der Waals surface area contributed by atoms with Crippen LogP contribution in [-0.2, 0) is 0 Å². The summed E-state index contributed by atoms with van der Waals surface area (Å²) in [7, 11) is 0. The molecule has 1 fully saturated rings. The van der Waals surface area contributed by atoms with Gasteiger partial charge in [-0.05, 0) is 25.0 Å². The molecule has 0 saturated carbocycles. The predicted octanol–water partition coefficient (Wildman–Crippen LogP) is 4.82. The number of urea groups is 1. The molecule has 1 aromatic heterocycles. The number of halogens is 1. The standard InChI is InChI=1S/C17H20ClN3O2/c1-11(2)16-10-14(20-23-16)15-8-5-9-21(15)17(22)19-13-7-4-3-6-12(13)18/h3-4,6-7,10-11,15H,5,8-9H2,1-2H3,(H,19,22)/t15-/m1/s1. The third-order valence-corrected chi connectivity index (χ3v) is 4.42. The van der Waals surface area contributed by atoms with Gasteiger partial charge in [0, 0.05) is 18.5 Å². The van der Waals surface area contributed by atoms with E-state index in [2.05, 4.69) is 24.3 Å².